The highest BCUT2D eigenvalue weighted by Crippen LogP contribution is 2.37. The van der Waals surface area contributed by atoms with E-state index in [-0.39, 0.29) is 17.6 Å². The van der Waals surface area contributed by atoms with Gasteiger partial charge in [-0.05, 0) is 41.0 Å². The van der Waals surface area contributed by atoms with Crippen LogP contribution < -0.4 is 5.32 Å². The molecule has 0 saturated carbocycles. The van der Waals surface area contributed by atoms with Crippen LogP contribution in [0.1, 0.15) is 18.0 Å². The summed E-state index contributed by atoms with van der Waals surface area (Å²) in [5, 5.41) is 12.6. The van der Waals surface area contributed by atoms with Gasteiger partial charge >= 0.3 is 0 Å². The van der Waals surface area contributed by atoms with E-state index >= 15 is 0 Å². The van der Waals surface area contributed by atoms with Crippen LogP contribution in [0.3, 0.4) is 0 Å². The standard InChI is InChI=1S/C9H9BrFNO/c10-5-1-2-6(11)8(9(5)13)7-3-4-12-7/h1-2,7,12-13H,3-4H2/t7-/m0/s1. The summed E-state index contributed by atoms with van der Waals surface area (Å²) in [6, 6.07) is 2.84. The van der Waals surface area contributed by atoms with Crippen LogP contribution >= 0.6 is 15.9 Å². The fourth-order valence-corrected chi connectivity index (χ4v) is 1.77. The highest BCUT2D eigenvalue weighted by Gasteiger charge is 2.25. The molecule has 2 nitrogen and oxygen atoms in total. The van der Waals surface area contributed by atoms with Crippen LogP contribution in [0, 0.1) is 5.82 Å². The van der Waals surface area contributed by atoms with Crippen molar-refractivity contribution in [2.75, 3.05) is 6.54 Å². The van der Waals surface area contributed by atoms with Crippen LogP contribution in [0.15, 0.2) is 16.6 Å². The molecule has 1 aromatic carbocycles. The first-order chi connectivity index (χ1) is 6.20. The summed E-state index contributed by atoms with van der Waals surface area (Å²) < 4.78 is 13.8. The molecule has 0 radical (unpaired) electrons. The quantitative estimate of drug-likeness (QED) is 0.797. The van der Waals surface area contributed by atoms with Crippen LogP contribution in [0.2, 0.25) is 0 Å². The second-order valence-electron chi connectivity index (χ2n) is 3.09. The SMILES string of the molecule is Oc1c(Br)ccc(F)c1[C@@H]1CCN1. The molecule has 0 unspecified atom stereocenters. The molecule has 0 bridgehead atoms. The van der Waals surface area contributed by atoms with Crippen molar-refractivity contribution in [2.24, 2.45) is 0 Å². The Bertz CT molecular complexity index is 339. The van der Waals surface area contributed by atoms with Crippen molar-refractivity contribution in [3.63, 3.8) is 0 Å². The monoisotopic (exact) mass is 245 g/mol. The first kappa shape index (κ1) is 8.97. The number of hydrogen-bond acceptors (Lipinski definition) is 2. The molecule has 0 spiro atoms. The predicted molar refractivity (Wildman–Crippen MR) is 51.1 cm³/mol. The van der Waals surface area contributed by atoms with Crippen molar-refractivity contribution in [1.82, 2.24) is 5.32 Å². The lowest BCUT2D eigenvalue weighted by atomic mass is 9.97. The van der Waals surface area contributed by atoms with Crippen LogP contribution in [0.25, 0.3) is 0 Å². The molecule has 4 heteroatoms. The Balaban J connectivity index is 2.46. The number of nitrogens with one attached hydrogen (secondary N) is 1. The topological polar surface area (TPSA) is 32.3 Å². The summed E-state index contributed by atoms with van der Waals surface area (Å²) in [5.41, 5.74) is 0.376. The van der Waals surface area contributed by atoms with Crippen molar-refractivity contribution in [1.29, 1.82) is 0 Å². The smallest absolute Gasteiger partial charge is 0.137 e. The van der Waals surface area contributed by atoms with E-state index in [1.165, 1.54) is 12.1 Å². The molecular formula is C9H9BrFNO. The molecule has 2 rings (SSSR count). The molecule has 0 aromatic heterocycles. The van der Waals surface area contributed by atoms with E-state index in [0.717, 1.165) is 13.0 Å². The van der Waals surface area contributed by atoms with E-state index in [4.69, 9.17) is 0 Å². The third-order valence-electron chi connectivity index (χ3n) is 2.29. The molecule has 70 valence electrons. The van der Waals surface area contributed by atoms with E-state index in [0.29, 0.717) is 10.0 Å². The Morgan fingerprint density at radius 3 is 2.77 bits per heavy atom. The van der Waals surface area contributed by atoms with Crippen molar-refractivity contribution < 1.29 is 9.50 Å². The van der Waals surface area contributed by atoms with Gasteiger partial charge in [0.1, 0.15) is 11.6 Å². The zero-order valence-electron chi connectivity index (χ0n) is 6.85. The lowest BCUT2D eigenvalue weighted by Gasteiger charge is -2.29. The van der Waals surface area contributed by atoms with Gasteiger partial charge in [-0.15, -0.1) is 0 Å². The minimum Gasteiger partial charge on any atom is -0.506 e. The van der Waals surface area contributed by atoms with Gasteiger partial charge in [-0.25, -0.2) is 4.39 Å². The van der Waals surface area contributed by atoms with Gasteiger partial charge in [-0.1, -0.05) is 0 Å². The Labute approximate surface area is 83.9 Å². The molecule has 13 heavy (non-hydrogen) atoms. The number of phenolic OH excluding ortho intramolecular Hbond substituents is 1. The van der Waals surface area contributed by atoms with Gasteiger partial charge in [0.25, 0.3) is 0 Å². The van der Waals surface area contributed by atoms with Crippen LogP contribution in [-0.4, -0.2) is 11.7 Å². The highest BCUT2D eigenvalue weighted by atomic mass is 79.9. The number of aromatic hydroxyl groups is 1. The third-order valence-corrected chi connectivity index (χ3v) is 2.93. The molecule has 1 aliphatic heterocycles. The number of benzene rings is 1. The molecular weight excluding hydrogens is 237 g/mol. The number of rotatable bonds is 1. The van der Waals surface area contributed by atoms with Gasteiger partial charge in [-0.2, -0.15) is 0 Å². The van der Waals surface area contributed by atoms with E-state index in [9.17, 15) is 9.50 Å². The average molecular weight is 246 g/mol. The van der Waals surface area contributed by atoms with Crippen molar-refractivity contribution in [3.05, 3.63) is 28.0 Å². The molecule has 1 aromatic rings. The Morgan fingerprint density at radius 2 is 2.23 bits per heavy atom. The Morgan fingerprint density at radius 1 is 1.54 bits per heavy atom. The molecule has 1 saturated heterocycles. The second kappa shape index (κ2) is 3.27. The molecule has 0 amide bonds. The molecule has 1 aliphatic rings. The summed E-state index contributed by atoms with van der Waals surface area (Å²) >= 11 is 3.16. The van der Waals surface area contributed by atoms with Crippen molar-refractivity contribution in [2.45, 2.75) is 12.5 Å². The highest BCUT2D eigenvalue weighted by molar-refractivity contribution is 9.10. The minimum absolute atomic E-state index is 0.0113. The van der Waals surface area contributed by atoms with Gasteiger partial charge in [0.05, 0.1) is 4.47 Å². The Hall–Kier alpha value is -0.610. The van der Waals surface area contributed by atoms with Gasteiger partial charge in [0.15, 0.2) is 0 Å². The van der Waals surface area contributed by atoms with E-state index < -0.39 is 0 Å². The van der Waals surface area contributed by atoms with Gasteiger partial charge in [0.2, 0.25) is 0 Å². The molecule has 1 heterocycles. The maximum atomic E-state index is 13.3. The molecule has 0 aliphatic carbocycles. The third kappa shape index (κ3) is 1.44. The zero-order chi connectivity index (χ0) is 9.42. The van der Waals surface area contributed by atoms with E-state index in [1.807, 2.05) is 0 Å². The lowest BCUT2D eigenvalue weighted by Crippen LogP contribution is -2.35. The summed E-state index contributed by atoms with van der Waals surface area (Å²) in [6.07, 6.45) is 0.876. The minimum atomic E-state index is -0.349. The van der Waals surface area contributed by atoms with Crippen LogP contribution in [-0.2, 0) is 0 Å². The predicted octanol–water partition coefficient (Wildman–Crippen LogP) is 2.33. The fourth-order valence-electron chi connectivity index (χ4n) is 1.42. The average Bonchev–Trinajstić information content (AvgIpc) is 2.02. The van der Waals surface area contributed by atoms with Crippen molar-refractivity contribution >= 4 is 15.9 Å². The summed E-state index contributed by atoms with van der Waals surface area (Å²) in [5.74, 6) is -0.338. The van der Waals surface area contributed by atoms with E-state index in [2.05, 4.69) is 21.2 Å². The summed E-state index contributed by atoms with van der Waals surface area (Å²) in [4.78, 5) is 0. The molecule has 1 fully saturated rings. The van der Waals surface area contributed by atoms with Crippen LogP contribution in [0.4, 0.5) is 4.39 Å². The first-order valence-corrected chi connectivity index (χ1v) is 4.89. The van der Waals surface area contributed by atoms with Gasteiger partial charge in [-0.3, -0.25) is 0 Å². The first-order valence-electron chi connectivity index (χ1n) is 4.10. The lowest BCUT2D eigenvalue weighted by molar-refractivity contribution is 0.350. The molecule has 1 atom stereocenters. The van der Waals surface area contributed by atoms with E-state index in [1.54, 1.807) is 0 Å². The fraction of sp³-hybridized carbons (Fsp3) is 0.333. The van der Waals surface area contributed by atoms with Crippen LogP contribution in [0.5, 0.6) is 5.75 Å². The zero-order valence-corrected chi connectivity index (χ0v) is 8.44. The summed E-state index contributed by atoms with van der Waals surface area (Å²) in [7, 11) is 0. The van der Waals surface area contributed by atoms with Crippen molar-refractivity contribution in [3.8, 4) is 5.75 Å². The number of halogens is 2. The largest absolute Gasteiger partial charge is 0.506 e. The van der Waals surface area contributed by atoms with Gasteiger partial charge in [0, 0.05) is 11.6 Å². The Kier molecular flexibility index (Phi) is 2.26. The number of hydrogen-bond donors (Lipinski definition) is 2. The molecule has 2 N–H and O–H groups in total. The van der Waals surface area contributed by atoms with Gasteiger partial charge < -0.3 is 10.4 Å². The maximum Gasteiger partial charge on any atom is 0.137 e. The maximum absolute atomic E-state index is 13.3. The number of phenols is 1. The second-order valence-corrected chi connectivity index (χ2v) is 3.94. The summed E-state index contributed by atoms with van der Waals surface area (Å²) in [6.45, 7) is 0.885. The normalized spacial score (nSPS) is 21.2.